The van der Waals surface area contributed by atoms with E-state index in [1.807, 2.05) is 67.6 Å². The van der Waals surface area contributed by atoms with Gasteiger partial charge in [-0.1, -0.05) is 30.0 Å². The number of benzene rings is 2. The Morgan fingerprint density at radius 2 is 1.86 bits per heavy atom. The predicted octanol–water partition coefficient (Wildman–Crippen LogP) is 3.84. The molecule has 0 spiro atoms. The van der Waals surface area contributed by atoms with Crippen LogP contribution < -0.4 is 10.1 Å². The zero-order valence-corrected chi connectivity index (χ0v) is 16.8. The minimum absolute atomic E-state index is 0.0784. The second kappa shape index (κ2) is 8.32. The van der Waals surface area contributed by atoms with Gasteiger partial charge in [0.15, 0.2) is 11.5 Å². The summed E-state index contributed by atoms with van der Waals surface area (Å²) >= 11 is 1.36. The molecule has 7 nitrogen and oxygen atoms in total. The average Bonchev–Trinajstić information content (AvgIpc) is 3.17. The van der Waals surface area contributed by atoms with Gasteiger partial charge >= 0.3 is 0 Å². The number of aryl methyl sites for hydroxylation is 1. The summed E-state index contributed by atoms with van der Waals surface area (Å²) in [6.45, 7) is 1.96. The number of aromatic nitrogens is 4. The van der Waals surface area contributed by atoms with Gasteiger partial charge in [0, 0.05) is 11.3 Å². The Kier molecular flexibility index (Phi) is 5.44. The largest absolute Gasteiger partial charge is 0.497 e. The van der Waals surface area contributed by atoms with Gasteiger partial charge < -0.3 is 10.1 Å². The fourth-order valence-electron chi connectivity index (χ4n) is 2.81. The Morgan fingerprint density at radius 1 is 1.07 bits per heavy atom. The molecule has 1 amide bonds. The maximum Gasteiger partial charge on any atom is 0.234 e. The summed E-state index contributed by atoms with van der Waals surface area (Å²) in [6, 6.07) is 18.9. The highest BCUT2D eigenvalue weighted by molar-refractivity contribution is 7.99. The fourth-order valence-corrected chi connectivity index (χ4v) is 3.46. The van der Waals surface area contributed by atoms with Crippen LogP contribution in [0.15, 0.2) is 65.7 Å². The van der Waals surface area contributed by atoms with Gasteiger partial charge in [0.25, 0.3) is 0 Å². The van der Waals surface area contributed by atoms with E-state index in [0.717, 1.165) is 22.6 Å². The standard InChI is InChI=1S/C21H19N5O2S/c1-14-5-3-4-6-17(14)22-19(27)13-29-20-12-11-18-23-24-21(26(18)25-20)15-7-9-16(28-2)10-8-15/h3-12H,13H2,1-2H3,(H,22,27). The van der Waals surface area contributed by atoms with Crippen LogP contribution in [0.1, 0.15) is 5.56 Å². The fraction of sp³-hybridized carbons (Fsp3) is 0.143. The number of hydrogen-bond acceptors (Lipinski definition) is 6. The van der Waals surface area contributed by atoms with Crippen molar-refractivity contribution in [2.75, 3.05) is 18.2 Å². The molecule has 8 heteroatoms. The predicted molar refractivity (Wildman–Crippen MR) is 113 cm³/mol. The number of nitrogens with one attached hydrogen (secondary N) is 1. The van der Waals surface area contributed by atoms with Crippen LogP contribution in [-0.4, -0.2) is 38.6 Å². The summed E-state index contributed by atoms with van der Waals surface area (Å²) in [6.07, 6.45) is 0. The first kappa shape index (κ1) is 18.9. The van der Waals surface area contributed by atoms with Crippen molar-refractivity contribution in [1.29, 1.82) is 0 Å². The number of rotatable bonds is 6. The molecule has 2 aromatic carbocycles. The number of carbonyl (C=O) groups is 1. The highest BCUT2D eigenvalue weighted by Gasteiger charge is 2.12. The first-order valence-electron chi connectivity index (χ1n) is 8.99. The molecule has 0 aliphatic carbocycles. The number of methoxy groups -OCH3 is 1. The minimum atomic E-state index is -0.0784. The van der Waals surface area contributed by atoms with Crippen molar-refractivity contribution in [2.24, 2.45) is 0 Å². The summed E-state index contributed by atoms with van der Waals surface area (Å²) in [7, 11) is 1.63. The van der Waals surface area contributed by atoms with E-state index in [0.29, 0.717) is 16.5 Å². The number of carbonyl (C=O) groups excluding carboxylic acids is 1. The van der Waals surface area contributed by atoms with Crippen molar-refractivity contribution >= 4 is 29.0 Å². The van der Waals surface area contributed by atoms with Crippen LogP contribution in [0.2, 0.25) is 0 Å². The third-order valence-corrected chi connectivity index (χ3v) is 5.28. The van der Waals surface area contributed by atoms with Crippen molar-refractivity contribution in [3.63, 3.8) is 0 Å². The third kappa shape index (κ3) is 4.22. The maximum absolute atomic E-state index is 12.3. The summed E-state index contributed by atoms with van der Waals surface area (Å²) in [5.74, 6) is 1.58. The van der Waals surface area contributed by atoms with E-state index in [2.05, 4.69) is 20.6 Å². The molecule has 0 unspecified atom stereocenters. The topological polar surface area (TPSA) is 81.4 Å². The first-order chi connectivity index (χ1) is 14.1. The molecular weight excluding hydrogens is 386 g/mol. The Morgan fingerprint density at radius 3 is 2.62 bits per heavy atom. The van der Waals surface area contributed by atoms with Gasteiger partial charge in [0.2, 0.25) is 5.91 Å². The Labute approximate surface area is 172 Å². The minimum Gasteiger partial charge on any atom is -0.497 e. The van der Waals surface area contributed by atoms with Crippen LogP contribution in [-0.2, 0) is 4.79 Å². The van der Waals surface area contributed by atoms with E-state index in [9.17, 15) is 4.79 Å². The van der Waals surface area contributed by atoms with Crippen molar-refractivity contribution in [2.45, 2.75) is 11.9 Å². The van der Waals surface area contributed by atoms with E-state index in [1.165, 1.54) is 11.8 Å². The molecule has 0 aliphatic rings. The number of amides is 1. The lowest BCUT2D eigenvalue weighted by atomic mass is 10.2. The Balaban J connectivity index is 1.49. The van der Waals surface area contributed by atoms with Crippen LogP contribution in [0, 0.1) is 6.92 Å². The van der Waals surface area contributed by atoms with E-state index in [4.69, 9.17) is 4.74 Å². The van der Waals surface area contributed by atoms with Crippen LogP contribution in [0.25, 0.3) is 17.0 Å². The quantitative estimate of drug-likeness (QED) is 0.491. The summed E-state index contributed by atoms with van der Waals surface area (Å²) in [5.41, 5.74) is 3.37. The molecule has 2 heterocycles. The highest BCUT2D eigenvalue weighted by Crippen LogP contribution is 2.23. The molecule has 0 atom stereocenters. The number of hydrogen-bond donors (Lipinski definition) is 1. The van der Waals surface area contributed by atoms with Crippen molar-refractivity contribution in [3.8, 4) is 17.1 Å². The monoisotopic (exact) mass is 405 g/mol. The Hall–Kier alpha value is -3.39. The van der Waals surface area contributed by atoms with Gasteiger partial charge in [-0.3, -0.25) is 4.79 Å². The van der Waals surface area contributed by atoms with E-state index >= 15 is 0 Å². The lowest BCUT2D eigenvalue weighted by molar-refractivity contribution is -0.113. The van der Waals surface area contributed by atoms with Gasteiger partial charge in [-0.25, -0.2) is 0 Å². The van der Waals surface area contributed by atoms with Gasteiger partial charge in [-0.05, 0) is 55.0 Å². The number of fused-ring (bicyclic) bond motifs is 1. The molecule has 29 heavy (non-hydrogen) atoms. The summed E-state index contributed by atoms with van der Waals surface area (Å²) < 4.78 is 6.88. The highest BCUT2D eigenvalue weighted by atomic mass is 32.2. The second-order valence-electron chi connectivity index (χ2n) is 6.35. The zero-order chi connectivity index (χ0) is 20.2. The molecule has 0 aliphatic heterocycles. The van der Waals surface area contributed by atoms with Gasteiger partial charge in [-0.2, -0.15) is 9.61 Å². The lowest BCUT2D eigenvalue weighted by Gasteiger charge is -2.08. The average molecular weight is 405 g/mol. The first-order valence-corrected chi connectivity index (χ1v) is 9.98. The summed E-state index contributed by atoms with van der Waals surface area (Å²) in [5, 5.41) is 16.7. The van der Waals surface area contributed by atoms with E-state index in [-0.39, 0.29) is 11.7 Å². The van der Waals surface area contributed by atoms with E-state index in [1.54, 1.807) is 11.6 Å². The number of ether oxygens (including phenoxy) is 1. The third-order valence-electron chi connectivity index (χ3n) is 4.36. The van der Waals surface area contributed by atoms with Crippen molar-refractivity contribution < 1.29 is 9.53 Å². The Bertz CT molecular complexity index is 1160. The second-order valence-corrected chi connectivity index (χ2v) is 7.34. The van der Waals surface area contributed by atoms with Gasteiger partial charge in [0.1, 0.15) is 10.8 Å². The normalized spacial score (nSPS) is 10.8. The zero-order valence-electron chi connectivity index (χ0n) is 16.0. The molecule has 0 bridgehead atoms. The van der Waals surface area contributed by atoms with Crippen molar-refractivity contribution in [1.82, 2.24) is 19.8 Å². The summed E-state index contributed by atoms with van der Waals surface area (Å²) in [4.78, 5) is 12.3. The van der Waals surface area contributed by atoms with Crippen LogP contribution in [0.5, 0.6) is 5.75 Å². The lowest BCUT2D eigenvalue weighted by Crippen LogP contribution is -2.15. The maximum atomic E-state index is 12.3. The number of nitrogens with zero attached hydrogens (tertiary/aromatic N) is 4. The molecule has 2 aromatic heterocycles. The molecule has 0 fully saturated rings. The number of anilines is 1. The molecule has 0 saturated heterocycles. The number of thioether (sulfide) groups is 1. The van der Waals surface area contributed by atoms with Crippen LogP contribution in [0.3, 0.4) is 0 Å². The molecular formula is C21H19N5O2S. The number of para-hydroxylation sites is 1. The van der Waals surface area contributed by atoms with E-state index < -0.39 is 0 Å². The SMILES string of the molecule is COc1ccc(-c2nnc3ccc(SCC(=O)Nc4ccccc4C)nn23)cc1. The van der Waals surface area contributed by atoms with Gasteiger partial charge in [0.05, 0.1) is 12.9 Å². The van der Waals surface area contributed by atoms with Gasteiger partial charge in [-0.15, -0.1) is 10.2 Å². The smallest absolute Gasteiger partial charge is 0.234 e. The van der Waals surface area contributed by atoms with Crippen molar-refractivity contribution in [3.05, 3.63) is 66.2 Å². The molecule has 4 aromatic rings. The van der Waals surface area contributed by atoms with Crippen LogP contribution in [0.4, 0.5) is 5.69 Å². The molecule has 4 rings (SSSR count). The van der Waals surface area contributed by atoms with Crippen LogP contribution >= 0.6 is 11.8 Å². The molecule has 0 radical (unpaired) electrons. The molecule has 0 saturated carbocycles. The molecule has 1 N–H and O–H groups in total. The molecule has 146 valence electrons.